The van der Waals surface area contributed by atoms with Crippen LogP contribution in [-0.4, -0.2) is 70.0 Å². The second kappa shape index (κ2) is 51.9. The highest BCUT2D eigenvalue weighted by Gasteiger charge is 2.22. The zero-order valence-electron chi connectivity index (χ0n) is 46.5. The van der Waals surface area contributed by atoms with Crippen molar-refractivity contribution in [2.45, 2.75) is 277 Å². The number of allylic oxidation sites excluding steroid dienone is 8. The lowest BCUT2D eigenvalue weighted by molar-refractivity contribution is -0.870. The van der Waals surface area contributed by atoms with Crippen LogP contribution >= 0.6 is 7.82 Å². The zero-order valence-corrected chi connectivity index (χ0v) is 47.4. The maximum absolute atomic E-state index is 12.8. The van der Waals surface area contributed by atoms with Gasteiger partial charge < -0.3 is 27.9 Å². The molecule has 0 aliphatic carbocycles. The van der Waals surface area contributed by atoms with Gasteiger partial charge in [0.05, 0.1) is 27.7 Å². The third kappa shape index (κ3) is 55.3. The summed E-state index contributed by atoms with van der Waals surface area (Å²) in [5.41, 5.74) is 0. The molecule has 0 amide bonds. The molecule has 10 heteroatoms. The Morgan fingerprint density at radius 1 is 0.457 bits per heavy atom. The van der Waals surface area contributed by atoms with Gasteiger partial charge in [0, 0.05) is 12.8 Å². The number of hydrogen-bond donors (Lipinski definition) is 0. The molecular weight excluding hydrogens is 894 g/mol. The molecule has 0 radical (unpaired) electrons. The van der Waals surface area contributed by atoms with Gasteiger partial charge in [-0.25, -0.2) is 0 Å². The minimum atomic E-state index is -4.64. The van der Waals surface area contributed by atoms with Gasteiger partial charge in [-0.3, -0.25) is 14.2 Å². The molecule has 0 aromatic carbocycles. The van der Waals surface area contributed by atoms with Crippen molar-refractivity contribution >= 4 is 19.8 Å². The van der Waals surface area contributed by atoms with Crippen LogP contribution in [0.2, 0.25) is 0 Å². The van der Waals surface area contributed by atoms with Crippen molar-refractivity contribution in [2.24, 2.45) is 0 Å². The first kappa shape index (κ1) is 68.0. The summed E-state index contributed by atoms with van der Waals surface area (Å²) in [5, 5.41) is 0. The summed E-state index contributed by atoms with van der Waals surface area (Å²) in [6.07, 6.45) is 64.5. The van der Waals surface area contributed by atoms with Gasteiger partial charge in [-0.05, 0) is 51.4 Å². The Morgan fingerprint density at radius 3 is 1.21 bits per heavy atom. The molecular formula is C60H112NO8P. The summed E-state index contributed by atoms with van der Waals surface area (Å²) in [6.45, 7) is 4.14. The summed E-state index contributed by atoms with van der Waals surface area (Å²) in [7, 11) is 1.16. The summed E-state index contributed by atoms with van der Waals surface area (Å²) in [6, 6.07) is 0. The van der Waals surface area contributed by atoms with E-state index in [0.717, 1.165) is 83.5 Å². The molecule has 2 unspecified atom stereocenters. The first-order valence-electron chi connectivity index (χ1n) is 29.3. The Bertz CT molecular complexity index is 1320. The fourth-order valence-corrected chi connectivity index (χ4v) is 9.08. The van der Waals surface area contributed by atoms with Crippen molar-refractivity contribution in [1.29, 1.82) is 0 Å². The first-order valence-corrected chi connectivity index (χ1v) is 30.8. The molecule has 70 heavy (non-hydrogen) atoms. The van der Waals surface area contributed by atoms with E-state index in [1.807, 2.05) is 21.1 Å². The first-order chi connectivity index (χ1) is 34.0. The molecule has 0 heterocycles. The molecule has 0 saturated carbocycles. The number of carbonyl (C=O) groups excluding carboxylic acids is 2. The highest BCUT2D eigenvalue weighted by Crippen LogP contribution is 2.38. The molecule has 0 bridgehead atoms. The number of rotatable bonds is 54. The van der Waals surface area contributed by atoms with Crippen LogP contribution in [0.15, 0.2) is 48.6 Å². The number of nitrogens with zero attached hydrogens (tertiary/aromatic N) is 1. The SMILES string of the molecule is CC/C=C\C/C=C\C/C=C\C/C=C\CCCCCCCCC(=O)OC(COC(=O)CCCCCCCCCCCCCCCCCCCCCCCCCCCCC)COP(=O)([O-])OCC[N+](C)(C)C. The minimum Gasteiger partial charge on any atom is -0.756 e. The molecule has 0 spiro atoms. The number of esters is 2. The van der Waals surface area contributed by atoms with Gasteiger partial charge in [-0.1, -0.05) is 255 Å². The molecule has 0 N–H and O–H groups in total. The van der Waals surface area contributed by atoms with Crippen molar-refractivity contribution in [2.75, 3.05) is 47.5 Å². The lowest BCUT2D eigenvalue weighted by Crippen LogP contribution is -2.37. The van der Waals surface area contributed by atoms with Crippen molar-refractivity contribution in [3.05, 3.63) is 48.6 Å². The van der Waals surface area contributed by atoms with Gasteiger partial charge in [0.25, 0.3) is 7.82 Å². The van der Waals surface area contributed by atoms with Crippen LogP contribution < -0.4 is 4.89 Å². The normalized spacial score (nSPS) is 13.6. The van der Waals surface area contributed by atoms with Crippen molar-refractivity contribution in [1.82, 2.24) is 0 Å². The molecule has 0 saturated heterocycles. The number of phosphoric ester groups is 1. The molecule has 0 aliphatic rings. The largest absolute Gasteiger partial charge is 0.756 e. The monoisotopic (exact) mass is 1010 g/mol. The van der Waals surface area contributed by atoms with E-state index < -0.39 is 26.5 Å². The summed E-state index contributed by atoms with van der Waals surface area (Å²) in [5.74, 6) is -0.839. The minimum absolute atomic E-state index is 0.0339. The third-order valence-corrected chi connectivity index (χ3v) is 13.8. The van der Waals surface area contributed by atoms with Gasteiger partial charge in [-0.15, -0.1) is 0 Å². The van der Waals surface area contributed by atoms with E-state index in [9.17, 15) is 19.0 Å². The van der Waals surface area contributed by atoms with E-state index in [2.05, 4.69) is 62.5 Å². The van der Waals surface area contributed by atoms with Crippen LogP contribution in [0.25, 0.3) is 0 Å². The lowest BCUT2D eigenvalue weighted by atomic mass is 10.0. The van der Waals surface area contributed by atoms with E-state index in [4.69, 9.17) is 18.5 Å². The average Bonchev–Trinajstić information content (AvgIpc) is 3.32. The van der Waals surface area contributed by atoms with E-state index >= 15 is 0 Å². The van der Waals surface area contributed by atoms with E-state index in [0.29, 0.717) is 17.4 Å². The summed E-state index contributed by atoms with van der Waals surface area (Å²) < 4.78 is 34.1. The van der Waals surface area contributed by atoms with Crippen LogP contribution in [0.3, 0.4) is 0 Å². The van der Waals surface area contributed by atoms with Crippen molar-refractivity contribution < 1.29 is 42.1 Å². The fraction of sp³-hybridized carbons (Fsp3) is 0.833. The van der Waals surface area contributed by atoms with Crippen molar-refractivity contribution in [3.63, 3.8) is 0 Å². The van der Waals surface area contributed by atoms with Crippen LogP contribution in [-0.2, 0) is 32.7 Å². The molecule has 9 nitrogen and oxygen atoms in total. The van der Waals surface area contributed by atoms with Crippen LogP contribution in [0, 0.1) is 0 Å². The predicted molar refractivity (Wildman–Crippen MR) is 296 cm³/mol. The number of unbranched alkanes of at least 4 members (excludes halogenated alkanes) is 32. The van der Waals surface area contributed by atoms with Crippen LogP contribution in [0.1, 0.15) is 271 Å². The number of hydrogen-bond acceptors (Lipinski definition) is 8. The van der Waals surface area contributed by atoms with Crippen molar-refractivity contribution in [3.8, 4) is 0 Å². The van der Waals surface area contributed by atoms with Crippen LogP contribution in [0.4, 0.5) is 0 Å². The molecule has 2 atom stereocenters. The third-order valence-electron chi connectivity index (χ3n) is 12.9. The van der Waals surface area contributed by atoms with Gasteiger partial charge in [0.2, 0.25) is 0 Å². The number of quaternary nitrogens is 1. The molecule has 0 rings (SSSR count). The molecule has 0 aliphatic heterocycles. The highest BCUT2D eigenvalue weighted by molar-refractivity contribution is 7.45. The summed E-state index contributed by atoms with van der Waals surface area (Å²) in [4.78, 5) is 37.9. The topological polar surface area (TPSA) is 111 Å². The number of ether oxygens (including phenoxy) is 2. The molecule has 0 fully saturated rings. The Labute approximate surface area is 433 Å². The predicted octanol–water partition coefficient (Wildman–Crippen LogP) is 17.5. The Balaban J connectivity index is 4.11. The molecule has 0 aromatic heterocycles. The Hall–Kier alpha value is -2.03. The van der Waals surface area contributed by atoms with E-state index in [1.54, 1.807) is 0 Å². The fourth-order valence-electron chi connectivity index (χ4n) is 8.36. The Kier molecular flexibility index (Phi) is 50.4. The standard InChI is InChI=1S/C60H112NO8P/c1-6-8-10-12-14-16-18-20-22-24-26-27-28-29-30-31-32-33-35-36-38-40-42-44-46-48-50-52-59(62)66-56-58(57-68-70(64,65)67-55-54-61(3,4)5)69-60(63)53-51-49-47-45-43-41-39-37-34-25-23-21-19-17-15-13-11-9-7-2/h9,11,15,17,21,23,34,37,58H,6-8,10,12-14,16,18-20,22,24-33,35-36,38-57H2,1-5H3/b11-9-,17-15-,23-21-,37-34-. The van der Waals surface area contributed by atoms with Gasteiger partial charge in [0.1, 0.15) is 19.8 Å². The van der Waals surface area contributed by atoms with E-state index in [1.165, 1.54) is 154 Å². The number of phosphoric acid groups is 1. The smallest absolute Gasteiger partial charge is 0.306 e. The quantitative estimate of drug-likeness (QED) is 0.0195. The second-order valence-electron chi connectivity index (χ2n) is 21.0. The number of likely N-dealkylation sites (N-methyl/N-ethyl adjacent to an activating group) is 1. The Morgan fingerprint density at radius 2 is 0.814 bits per heavy atom. The zero-order chi connectivity index (χ0) is 51.3. The molecule has 410 valence electrons. The average molecular weight is 1010 g/mol. The van der Waals surface area contributed by atoms with Gasteiger partial charge in [-0.2, -0.15) is 0 Å². The molecule has 0 aromatic rings. The summed E-state index contributed by atoms with van der Waals surface area (Å²) >= 11 is 0. The maximum atomic E-state index is 12.8. The van der Waals surface area contributed by atoms with Gasteiger partial charge >= 0.3 is 11.9 Å². The van der Waals surface area contributed by atoms with E-state index in [-0.39, 0.29) is 32.0 Å². The number of carbonyl (C=O) groups is 2. The van der Waals surface area contributed by atoms with Crippen LogP contribution in [0.5, 0.6) is 0 Å². The van der Waals surface area contributed by atoms with Gasteiger partial charge in [0.15, 0.2) is 6.10 Å². The maximum Gasteiger partial charge on any atom is 0.306 e. The lowest BCUT2D eigenvalue weighted by Gasteiger charge is -2.28. The highest BCUT2D eigenvalue weighted by atomic mass is 31.2. The second-order valence-corrected chi connectivity index (χ2v) is 22.4.